The predicted octanol–water partition coefficient (Wildman–Crippen LogP) is 5.84. The summed E-state index contributed by atoms with van der Waals surface area (Å²) in [5, 5.41) is 4.65. The number of hydrazine groups is 1. The number of carbonyl (C=O) groups is 2. The Labute approximate surface area is 184 Å². The summed E-state index contributed by atoms with van der Waals surface area (Å²) in [7, 11) is 0. The fourth-order valence-corrected chi connectivity index (χ4v) is 4.24. The van der Waals surface area contributed by atoms with E-state index in [2.05, 4.69) is 0 Å². The molecule has 0 aliphatic carbocycles. The van der Waals surface area contributed by atoms with Crippen molar-refractivity contribution < 1.29 is 14.0 Å². The predicted molar refractivity (Wildman–Crippen MR) is 126 cm³/mol. The van der Waals surface area contributed by atoms with E-state index in [1.807, 2.05) is 82.9 Å². The van der Waals surface area contributed by atoms with Crippen LogP contribution in [0.5, 0.6) is 0 Å². The van der Waals surface area contributed by atoms with Gasteiger partial charge in [0.2, 0.25) is 5.91 Å². The molecule has 0 unspecified atom stereocenters. The second kappa shape index (κ2) is 9.48. The maximum Gasteiger partial charge on any atom is 0.241 e. The van der Waals surface area contributed by atoms with E-state index in [9.17, 15) is 9.59 Å². The number of rotatable bonds is 8. The summed E-state index contributed by atoms with van der Waals surface area (Å²) in [5.41, 5.74) is 4.65. The van der Waals surface area contributed by atoms with Gasteiger partial charge in [-0.2, -0.15) is 0 Å². The first-order valence-corrected chi connectivity index (χ1v) is 11.1. The highest BCUT2D eigenvalue weighted by Gasteiger charge is 2.26. The molecule has 3 aromatic rings. The highest BCUT2D eigenvalue weighted by molar-refractivity contribution is 6.17. The number of hydrogen-bond donors (Lipinski definition) is 0. The third-order valence-electron chi connectivity index (χ3n) is 5.73. The molecule has 1 amide bonds. The summed E-state index contributed by atoms with van der Waals surface area (Å²) < 4.78 is 5.94. The minimum atomic E-state index is -0.0456. The lowest BCUT2D eigenvalue weighted by Gasteiger charge is -2.35. The minimum Gasteiger partial charge on any atom is -0.460 e. The lowest BCUT2D eigenvalue weighted by molar-refractivity contribution is -0.121. The molecule has 164 valence electrons. The Bertz CT molecular complexity index is 1090. The Kier molecular flexibility index (Phi) is 6.96. The Morgan fingerprint density at radius 1 is 0.935 bits per heavy atom. The average Bonchev–Trinajstić information content (AvgIpc) is 3.15. The molecule has 2 aromatic carbocycles. The monoisotopic (exact) mass is 420 g/mol. The first-order valence-electron chi connectivity index (χ1n) is 11.1. The van der Waals surface area contributed by atoms with Crippen molar-refractivity contribution >= 4 is 28.3 Å². The third-order valence-corrected chi connectivity index (χ3v) is 5.73. The van der Waals surface area contributed by atoms with Gasteiger partial charge in [-0.25, -0.2) is 10.0 Å². The van der Waals surface area contributed by atoms with E-state index in [1.165, 1.54) is 0 Å². The van der Waals surface area contributed by atoms with Crippen LogP contribution in [0.15, 0.2) is 40.8 Å². The third kappa shape index (κ3) is 4.15. The van der Waals surface area contributed by atoms with Crippen molar-refractivity contribution in [2.24, 2.45) is 0 Å². The lowest BCUT2D eigenvalue weighted by Crippen LogP contribution is -2.47. The number of furan rings is 1. The number of hydrogen-bond acceptors (Lipinski definition) is 4. The summed E-state index contributed by atoms with van der Waals surface area (Å²) >= 11 is 0. The molecule has 31 heavy (non-hydrogen) atoms. The van der Waals surface area contributed by atoms with Crippen molar-refractivity contribution in [3.63, 3.8) is 0 Å². The molecule has 0 aliphatic rings. The maximum absolute atomic E-state index is 13.6. The normalized spacial score (nSPS) is 11.3. The number of benzene rings is 2. The van der Waals surface area contributed by atoms with Crippen LogP contribution in [0.3, 0.4) is 0 Å². The van der Waals surface area contributed by atoms with Crippen LogP contribution in [0.2, 0.25) is 0 Å². The van der Waals surface area contributed by atoms with Gasteiger partial charge in [-0.05, 0) is 43.2 Å². The van der Waals surface area contributed by atoms with E-state index in [0.717, 1.165) is 40.9 Å². The van der Waals surface area contributed by atoms with Gasteiger partial charge < -0.3 is 4.42 Å². The van der Waals surface area contributed by atoms with E-state index in [4.69, 9.17) is 4.42 Å². The second-order valence-corrected chi connectivity index (χ2v) is 7.74. The molecule has 5 heteroatoms. The van der Waals surface area contributed by atoms with Gasteiger partial charge in [-0.3, -0.25) is 9.59 Å². The van der Waals surface area contributed by atoms with Crippen molar-refractivity contribution in [1.82, 2.24) is 5.01 Å². The van der Waals surface area contributed by atoms with Crippen molar-refractivity contribution in [2.75, 3.05) is 18.1 Å². The van der Waals surface area contributed by atoms with Crippen molar-refractivity contribution in [3.05, 3.63) is 64.4 Å². The zero-order chi connectivity index (χ0) is 22.7. The highest BCUT2D eigenvalue weighted by Crippen LogP contribution is 2.32. The van der Waals surface area contributed by atoms with Crippen LogP contribution in [0.1, 0.15) is 66.9 Å². The summed E-state index contributed by atoms with van der Waals surface area (Å²) in [6.07, 6.45) is 1.06. The number of carbonyl (C=O) groups excluding carboxylic acids is 2. The first kappa shape index (κ1) is 22.8. The van der Waals surface area contributed by atoms with Crippen LogP contribution >= 0.6 is 0 Å². The van der Waals surface area contributed by atoms with E-state index in [-0.39, 0.29) is 11.7 Å². The Hall–Kier alpha value is -2.92. The van der Waals surface area contributed by atoms with Crippen LogP contribution in [-0.4, -0.2) is 29.8 Å². The zero-order valence-electron chi connectivity index (χ0n) is 19.4. The highest BCUT2D eigenvalue weighted by atomic mass is 16.3. The number of nitrogens with zero attached hydrogens (tertiary/aromatic N) is 2. The standard InChI is InChI=1S/C26H32N2O3/c1-7-21-24(20-13-11-12-14-22(20)31-21)26(30)19-15-17(5)25(18(6)16-19)28(23(29)8-2)27(9-3)10-4/h11-16H,7-10H2,1-6H3. The molecule has 0 radical (unpaired) electrons. The van der Waals surface area contributed by atoms with Gasteiger partial charge in [0.25, 0.3) is 0 Å². The first-order chi connectivity index (χ1) is 14.9. The molecule has 1 aromatic heterocycles. The number of aryl methyl sites for hydroxylation is 3. The molecule has 0 N–H and O–H groups in total. The van der Waals surface area contributed by atoms with Crippen molar-refractivity contribution in [3.8, 4) is 0 Å². The molecule has 3 rings (SSSR count). The second-order valence-electron chi connectivity index (χ2n) is 7.74. The van der Waals surface area contributed by atoms with E-state index < -0.39 is 0 Å². The van der Waals surface area contributed by atoms with E-state index in [0.29, 0.717) is 29.7 Å². The van der Waals surface area contributed by atoms with Gasteiger partial charge in [-0.1, -0.05) is 45.9 Å². The Balaban J connectivity index is 2.12. The van der Waals surface area contributed by atoms with Gasteiger partial charge in [0.15, 0.2) is 5.78 Å². The average molecular weight is 421 g/mol. The molecular formula is C26H32N2O3. The van der Waals surface area contributed by atoms with Crippen molar-refractivity contribution in [1.29, 1.82) is 0 Å². The number of amides is 1. The number of fused-ring (bicyclic) bond motifs is 1. The quantitative estimate of drug-likeness (QED) is 0.339. The van der Waals surface area contributed by atoms with Crippen LogP contribution in [0, 0.1) is 13.8 Å². The molecule has 0 atom stereocenters. The fourth-order valence-electron chi connectivity index (χ4n) is 4.24. The molecule has 0 saturated heterocycles. The molecule has 0 fully saturated rings. The van der Waals surface area contributed by atoms with Gasteiger partial charge in [0.05, 0.1) is 11.3 Å². The molecule has 0 aliphatic heterocycles. The van der Waals surface area contributed by atoms with Crippen LogP contribution in [-0.2, 0) is 11.2 Å². The summed E-state index contributed by atoms with van der Waals surface area (Å²) in [6.45, 7) is 13.3. The van der Waals surface area contributed by atoms with E-state index in [1.54, 1.807) is 5.01 Å². The lowest BCUT2D eigenvalue weighted by atomic mass is 9.95. The summed E-state index contributed by atoms with van der Waals surface area (Å²) in [4.78, 5) is 26.4. The molecule has 5 nitrogen and oxygen atoms in total. The Morgan fingerprint density at radius 3 is 2.10 bits per heavy atom. The number of anilines is 1. The van der Waals surface area contributed by atoms with Crippen LogP contribution < -0.4 is 5.01 Å². The fraction of sp³-hybridized carbons (Fsp3) is 0.385. The largest absolute Gasteiger partial charge is 0.460 e. The van der Waals surface area contributed by atoms with Gasteiger partial charge in [0.1, 0.15) is 11.3 Å². The minimum absolute atomic E-state index is 0.0445. The molecule has 0 spiro atoms. The molecular weight excluding hydrogens is 388 g/mol. The van der Waals surface area contributed by atoms with Gasteiger partial charge in [0, 0.05) is 36.9 Å². The SMILES string of the molecule is CCC(=O)N(c1c(C)cc(C(=O)c2c(CC)oc3ccccc23)cc1C)N(CC)CC. The Morgan fingerprint density at radius 2 is 1.55 bits per heavy atom. The van der Waals surface area contributed by atoms with Crippen LogP contribution in [0.4, 0.5) is 5.69 Å². The molecule has 0 saturated carbocycles. The molecule has 1 heterocycles. The van der Waals surface area contributed by atoms with Crippen LogP contribution in [0.25, 0.3) is 11.0 Å². The topological polar surface area (TPSA) is 53.8 Å². The summed E-state index contributed by atoms with van der Waals surface area (Å²) in [6, 6.07) is 11.4. The maximum atomic E-state index is 13.6. The van der Waals surface area contributed by atoms with E-state index >= 15 is 0 Å². The smallest absolute Gasteiger partial charge is 0.241 e. The summed E-state index contributed by atoms with van der Waals surface area (Å²) in [5.74, 6) is 0.704. The molecule has 0 bridgehead atoms. The van der Waals surface area contributed by atoms with Crippen molar-refractivity contribution in [2.45, 2.75) is 54.4 Å². The van der Waals surface area contributed by atoms with Gasteiger partial charge >= 0.3 is 0 Å². The number of para-hydroxylation sites is 1. The van der Waals surface area contributed by atoms with Gasteiger partial charge in [-0.15, -0.1) is 0 Å². The number of ketones is 1. The zero-order valence-corrected chi connectivity index (χ0v) is 19.4.